The Balaban J connectivity index is 2.14. The van der Waals surface area contributed by atoms with Crippen LogP contribution in [0.15, 0.2) is 53.4 Å². The van der Waals surface area contributed by atoms with Crippen molar-refractivity contribution in [2.45, 2.75) is 11.3 Å². The maximum Gasteiger partial charge on any atom is 0.282 e. The average Bonchev–Trinajstić information content (AvgIpc) is 3.06. The Labute approximate surface area is 160 Å². The van der Waals surface area contributed by atoms with Gasteiger partial charge in [0.05, 0.1) is 28.4 Å². The monoisotopic (exact) mass is 412 g/mol. The second kappa shape index (κ2) is 7.28. The average molecular weight is 413 g/mol. The van der Waals surface area contributed by atoms with Crippen LogP contribution in [0.2, 0.25) is 5.02 Å². The zero-order valence-electron chi connectivity index (χ0n) is 14.4. The first kappa shape index (κ1) is 19.3. The standard InChI is InChI=1S/C18H15ClF2N2O3S/c1-26-17-8-5-12(9-14(17)19)23-16(10-15(22-23)18(20)21)11-3-6-13(7-4-11)27(2,24)25/h3-10,18H,1-2H3. The van der Waals surface area contributed by atoms with E-state index in [2.05, 4.69) is 5.10 Å². The fourth-order valence-corrected chi connectivity index (χ4v) is 3.45. The van der Waals surface area contributed by atoms with E-state index in [1.165, 1.54) is 30.0 Å². The number of hydrogen-bond acceptors (Lipinski definition) is 4. The summed E-state index contributed by atoms with van der Waals surface area (Å²) in [5.41, 5.74) is 0.986. The van der Waals surface area contributed by atoms with Gasteiger partial charge in [0.1, 0.15) is 11.4 Å². The van der Waals surface area contributed by atoms with Crippen molar-refractivity contribution in [1.29, 1.82) is 0 Å². The molecule has 3 aromatic rings. The molecular formula is C18H15ClF2N2O3S. The summed E-state index contributed by atoms with van der Waals surface area (Å²) in [7, 11) is -1.89. The third-order valence-corrected chi connectivity index (χ3v) is 5.33. The normalized spacial score (nSPS) is 11.8. The summed E-state index contributed by atoms with van der Waals surface area (Å²) in [4.78, 5) is 0.138. The zero-order valence-corrected chi connectivity index (χ0v) is 15.9. The molecule has 9 heteroatoms. The number of aromatic nitrogens is 2. The molecule has 0 atom stereocenters. The highest BCUT2D eigenvalue weighted by Gasteiger charge is 2.19. The second-order valence-electron chi connectivity index (χ2n) is 5.78. The molecule has 0 saturated carbocycles. The van der Waals surface area contributed by atoms with Gasteiger partial charge in [-0.25, -0.2) is 21.9 Å². The summed E-state index contributed by atoms with van der Waals surface area (Å²) >= 11 is 6.14. The molecule has 142 valence electrons. The van der Waals surface area contributed by atoms with Crippen LogP contribution in [0.5, 0.6) is 5.75 Å². The number of halogens is 3. The molecule has 0 N–H and O–H groups in total. The van der Waals surface area contributed by atoms with Gasteiger partial charge >= 0.3 is 0 Å². The summed E-state index contributed by atoms with van der Waals surface area (Å²) in [5.74, 6) is 0.445. The molecule has 0 spiro atoms. The van der Waals surface area contributed by atoms with E-state index >= 15 is 0 Å². The number of ether oxygens (including phenoxy) is 1. The Hall–Kier alpha value is -2.45. The van der Waals surface area contributed by atoms with Crippen molar-refractivity contribution in [3.05, 3.63) is 59.2 Å². The van der Waals surface area contributed by atoms with Crippen LogP contribution in [-0.2, 0) is 9.84 Å². The molecule has 0 radical (unpaired) electrons. The van der Waals surface area contributed by atoms with Crippen molar-refractivity contribution in [2.75, 3.05) is 13.4 Å². The molecule has 0 bridgehead atoms. The van der Waals surface area contributed by atoms with Crippen molar-refractivity contribution in [1.82, 2.24) is 9.78 Å². The number of benzene rings is 2. The summed E-state index contributed by atoms with van der Waals surface area (Å²) in [6, 6.07) is 12.0. The molecule has 0 amide bonds. The zero-order chi connectivity index (χ0) is 19.8. The van der Waals surface area contributed by atoms with Crippen LogP contribution in [0, 0.1) is 0 Å². The van der Waals surface area contributed by atoms with Crippen LogP contribution in [-0.4, -0.2) is 31.6 Å². The third kappa shape index (κ3) is 3.96. The van der Waals surface area contributed by atoms with Gasteiger partial charge in [0.15, 0.2) is 9.84 Å². The van der Waals surface area contributed by atoms with E-state index in [0.717, 1.165) is 6.26 Å². The van der Waals surface area contributed by atoms with Crippen molar-refractivity contribution >= 4 is 21.4 Å². The Morgan fingerprint density at radius 3 is 2.30 bits per heavy atom. The lowest BCUT2D eigenvalue weighted by Crippen LogP contribution is -2.01. The molecule has 27 heavy (non-hydrogen) atoms. The van der Waals surface area contributed by atoms with Gasteiger partial charge in [0, 0.05) is 11.8 Å². The van der Waals surface area contributed by atoms with Gasteiger partial charge in [-0.3, -0.25) is 0 Å². The lowest BCUT2D eigenvalue weighted by Gasteiger charge is -2.10. The van der Waals surface area contributed by atoms with Crippen LogP contribution < -0.4 is 4.74 Å². The molecule has 0 fully saturated rings. The van der Waals surface area contributed by atoms with E-state index in [1.807, 2.05) is 0 Å². The highest BCUT2D eigenvalue weighted by Crippen LogP contribution is 2.32. The maximum atomic E-state index is 13.2. The number of hydrogen-bond donors (Lipinski definition) is 0. The Morgan fingerprint density at radius 1 is 1.11 bits per heavy atom. The number of methoxy groups -OCH3 is 1. The predicted octanol–water partition coefficient (Wildman–Crippen LogP) is 4.54. The molecule has 1 aromatic heterocycles. The molecule has 0 aliphatic heterocycles. The van der Waals surface area contributed by atoms with E-state index in [0.29, 0.717) is 27.7 Å². The lowest BCUT2D eigenvalue weighted by atomic mass is 10.1. The van der Waals surface area contributed by atoms with Crippen LogP contribution in [0.25, 0.3) is 16.9 Å². The Morgan fingerprint density at radius 2 is 1.78 bits per heavy atom. The Kier molecular flexibility index (Phi) is 5.21. The minimum Gasteiger partial charge on any atom is -0.495 e. The number of alkyl halides is 2. The third-order valence-electron chi connectivity index (χ3n) is 3.91. The van der Waals surface area contributed by atoms with Crippen LogP contribution in [0.4, 0.5) is 8.78 Å². The molecular weight excluding hydrogens is 398 g/mol. The number of rotatable bonds is 5. The van der Waals surface area contributed by atoms with Gasteiger partial charge in [-0.05, 0) is 36.4 Å². The van der Waals surface area contributed by atoms with Gasteiger partial charge < -0.3 is 4.74 Å². The van der Waals surface area contributed by atoms with Crippen LogP contribution in [0.3, 0.4) is 0 Å². The first-order chi connectivity index (χ1) is 12.7. The molecule has 0 aliphatic carbocycles. The molecule has 3 rings (SSSR count). The van der Waals surface area contributed by atoms with Gasteiger partial charge in [0.25, 0.3) is 6.43 Å². The topological polar surface area (TPSA) is 61.2 Å². The summed E-state index contributed by atoms with van der Waals surface area (Å²) in [6.45, 7) is 0. The second-order valence-corrected chi connectivity index (χ2v) is 8.21. The Bertz CT molecular complexity index is 1080. The van der Waals surface area contributed by atoms with Crippen molar-refractivity contribution in [3.63, 3.8) is 0 Å². The maximum absolute atomic E-state index is 13.2. The molecule has 5 nitrogen and oxygen atoms in total. The quantitative estimate of drug-likeness (QED) is 0.617. The molecule has 2 aromatic carbocycles. The molecule has 0 aliphatic rings. The van der Waals surface area contributed by atoms with E-state index in [4.69, 9.17) is 16.3 Å². The predicted molar refractivity (Wildman–Crippen MR) is 98.6 cm³/mol. The SMILES string of the molecule is COc1ccc(-n2nc(C(F)F)cc2-c2ccc(S(C)(=O)=O)cc2)cc1Cl. The highest BCUT2D eigenvalue weighted by molar-refractivity contribution is 7.90. The molecule has 0 saturated heterocycles. The van der Waals surface area contributed by atoms with E-state index in [1.54, 1.807) is 30.3 Å². The number of nitrogens with zero attached hydrogens (tertiary/aromatic N) is 2. The van der Waals surface area contributed by atoms with Crippen LogP contribution >= 0.6 is 11.6 Å². The fraction of sp³-hybridized carbons (Fsp3) is 0.167. The van der Waals surface area contributed by atoms with Gasteiger partial charge in [-0.1, -0.05) is 23.7 Å². The minimum atomic E-state index is -3.36. The van der Waals surface area contributed by atoms with Crippen molar-refractivity contribution in [2.24, 2.45) is 0 Å². The summed E-state index contributed by atoms with van der Waals surface area (Å²) < 4.78 is 56.1. The van der Waals surface area contributed by atoms with Gasteiger partial charge in [-0.2, -0.15) is 5.10 Å². The highest BCUT2D eigenvalue weighted by atomic mass is 35.5. The van der Waals surface area contributed by atoms with Crippen molar-refractivity contribution < 1.29 is 21.9 Å². The van der Waals surface area contributed by atoms with Gasteiger partial charge in [-0.15, -0.1) is 0 Å². The first-order valence-electron chi connectivity index (χ1n) is 7.73. The van der Waals surface area contributed by atoms with E-state index in [-0.39, 0.29) is 4.90 Å². The summed E-state index contributed by atoms with van der Waals surface area (Å²) in [5, 5.41) is 4.28. The summed E-state index contributed by atoms with van der Waals surface area (Å²) in [6.07, 6.45) is -1.66. The molecule has 0 unspecified atom stereocenters. The van der Waals surface area contributed by atoms with E-state index in [9.17, 15) is 17.2 Å². The fourth-order valence-electron chi connectivity index (χ4n) is 2.57. The number of sulfone groups is 1. The molecule has 1 heterocycles. The van der Waals surface area contributed by atoms with Crippen LogP contribution in [0.1, 0.15) is 12.1 Å². The lowest BCUT2D eigenvalue weighted by molar-refractivity contribution is 0.145. The first-order valence-corrected chi connectivity index (χ1v) is 10.00. The minimum absolute atomic E-state index is 0.138. The van der Waals surface area contributed by atoms with Crippen molar-refractivity contribution in [3.8, 4) is 22.7 Å². The van der Waals surface area contributed by atoms with E-state index < -0.39 is 22.0 Å². The largest absolute Gasteiger partial charge is 0.495 e. The van der Waals surface area contributed by atoms with Gasteiger partial charge in [0.2, 0.25) is 0 Å². The smallest absolute Gasteiger partial charge is 0.282 e.